The Morgan fingerprint density at radius 2 is 0.800 bits per heavy atom. The second kappa shape index (κ2) is 12.5. The van der Waals surface area contributed by atoms with Crippen molar-refractivity contribution in [2.24, 2.45) is 0 Å². The van der Waals surface area contributed by atoms with Gasteiger partial charge in [0.15, 0.2) is 0 Å². The van der Waals surface area contributed by atoms with Crippen LogP contribution in [-0.2, 0) is 0 Å². The topological polar surface area (TPSA) is 0 Å². The minimum Gasteiger partial charge on any atom is -0.103 e. The van der Waals surface area contributed by atoms with Gasteiger partial charge < -0.3 is 0 Å². The first-order valence-electron chi connectivity index (χ1n) is 14.2. The highest BCUT2D eigenvalue weighted by Gasteiger charge is 2.49. The Hall–Kier alpha value is -3.99. The van der Waals surface area contributed by atoms with E-state index in [1.165, 1.54) is 31.9 Å². The Bertz CT molecular complexity index is 1370. The molecule has 0 spiro atoms. The van der Waals surface area contributed by atoms with Crippen molar-refractivity contribution in [2.75, 3.05) is 0 Å². The van der Waals surface area contributed by atoms with Gasteiger partial charge >= 0.3 is 0 Å². The van der Waals surface area contributed by atoms with Crippen LogP contribution in [0, 0.1) is 0 Å². The average Bonchev–Trinajstić information content (AvgIpc) is 3.04. The van der Waals surface area contributed by atoms with Crippen LogP contribution in [-0.4, -0.2) is 16.1 Å². The van der Waals surface area contributed by atoms with Gasteiger partial charge in [-0.05, 0) is 24.0 Å². The van der Waals surface area contributed by atoms with Crippen molar-refractivity contribution in [1.82, 2.24) is 0 Å². The van der Waals surface area contributed by atoms with E-state index in [0.29, 0.717) is 0 Å². The molecule has 0 amide bonds. The monoisotopic (exact) mass is 550 g/mol. The number of allylic oxidation sites excluding steroid dienone is 2. The molecule has 0 aromatic heterocycles. The van der Waals surface area contributed by atoms with Crippen molar-refractivity contribution in [3.8, 4) is 0 Å². The summed E-state index contributed by atoms with van der Waals surface area (Å²) in [6.07, 6.45) is 3.98. The molecule has 0 heterocycles. The van der Waals surface area contributed by atoms with Crippen molar-refractivity contribution in [1.29, 1.82) is 0 Å². The van der Waals surface area contributed by atoms with Crippen LogP contribution in [0.2, 0.25) is 13.1 Å². The Morgan fingerprint density at radius 3 is 1.10 bits per heavy atom. The normalized spacial score (nSPS) is 11.6. The maximum absolute atomic E-state index is 4.14. The van der Waals surface area contributed by atoms with Gasteiger partial charge in [-0.15, -0.1) is 6.58 Å². The molecule has 0 saturated heterocycles. The highest BCUT2D eigenvalue weighted by atomic mass is 28.4. The van der Waals surface area contributed by atoms with Crippen molar-refractivity contribution in [3.05, 3.63) is 175 Å². The maximum atomic E-state index is 4.14. The Balaban J connectivity index is 2.01. The predicted octanol–water partition coefficient (Wildman–Crippen LogP) is 7.27. The summed E-state index contributed by atoms with van der Waals surface area (Å²) in [4.78, 5) is 1.67. The van der Waals surface area contributed by atoms with Gasteiger partial charge in [0.2, 0.25) is 0 Å². The van der Waals surface area contributed by atoms with Crippen molar-refractivity contribution >= 4 is 42.5 Å². The lowest BCUT2D eigenvalue weighted by Gasteiger charge is -2.44. The summed E-state index contributed by atoms with van der Waals surface area (Å²) in [5.74, 6) is 0. The highest BCUT2D eigenvalue weighted by molar-refractivity contribution is 7.25. The minimum atomic E-state index is -2.52. The fourth-order valence-electron chi connectivity index (χ4n) is 6.40. The van der Waals surface area contributed by atoms with Crippen LogP contribution in [0.5, 0.6) is 0 Å². The first-order chi connectivity index (χ1) is 19.6. The lowest BCUT2D eigenvalue weighted by atomic mass is 10.0. The van der Waals surface area contributed by atoms with E-state index in [4.69, 9.17) is 0 Å². The number of rotatable bonds is 10. The predicted molar refractivity (Wildman–Crippen MR) is 180 cm³/mol. The molecule has 5 aromatic rings. The Labute approximate surface area is 242 Å². The molecule has 0 unspecified atom stereocenters. The van der Waals surface area contributed by atoms with Crippen molar-refractivity contribution < 1.29 is 0 Å². The van der Waals surface area contributed by atoms with Gasteiger partial charge in [-0.3, -0.25) is 0 Å². The van der Waals surface area contributed by atoms with Gasteiger partial charge in [0, 0.05) is 0 Å². The third-order valence-electron chi connectivity index (χ3n) is 8.43. The average molecular weight is 551 g/mol. The summed E-state index contributed by atoms with van der Waals surface area (Å²) in [6.45, 7) is 9.34. The third-order valence-corrected chi connectivity index (χ3v) is 20.0. The van der Waals surface area contributed by atoms with Gasteiger partial charge in [-0.1, -0.05) is 196 Å². The van der Waals surface area contributed by atoms with E-state index in [2.05, 4.69) is 177 Å². The van der Waals surface area contributed by atoms with E-state index in [-0.39, 0.29) is 0 Å². The second-order valence-corrected chi connectivity index (χ2v) is 19.1. The molecule has 2 heteroatoms. The lowest BCUT2D eigenvalue weighted by Crippen LogP contribution is -2.70. The standard InChI is InChI=1S/C38H38Si2/c1-4-5-31-37(32-21-11-6-12-22-32)38(39(2,33-23-13-7-14-24-33)34-25-15-8-16-26-34)40(3,35-27-17-9-18-28-35)36-29-19-10-20-30-36/h4,6-30H,1,5,31H2,2-3H3. The molecule has 198 valence electrons. The Kier molecular flexibility index (Phi) is 8.59. The van der Waals surface area contributed by atoms with Crippen LogP contribution in [0.25, 0.3) is 5.57 Å². The van der Waals surface area contributed by atoms with Gasteiger partial charge in [0.25, 0.3) is 0 Å². The summed E-state index contributed by atoms with van der Waals surface area (Å²) >= 11 is 0. The first-order valence-corrected chi connectivity index (χ1v) is 19.2. The SMILES string of the molecule is C=CCCC(=C([Si](C)(c1ccccc1)c1ccccc1)[Si](C)(c1ccccc1)c1ccccc1)c1ccccc1. The third kappa shape index (κ3) is 5.25. The molecule has 0 bridgehead atoms. The first kappa shape index (κ1) is 27.6. The fourth-order valence-corrected chi connectivity index (χ4v) is 19.1. The van der Waals surface area contributed by atoms with E-state index in [1.807, 2.05) is 0 Å². The summed E-state index contributed by atoms with van der Waals surface area (Å²) in [6, 6.07) is 56.5. The molecule has 5 aromatic carbocycles. The summed E-state index contributed by atoms with van der Waals surface area (Å²) < 4.78 is 0. The van der Waals surface area contributed by atoms with Gasteiger partial charge in [-0.25, -0.2) is 0 Å². The zero-order valence-corrected chi connectivity index (χ0v) is 25.6. The van der Waals surface area contributed by atoms with Crippen LogP contribution in [0.4, 0.5) is 0 Å². The van der Waals surface area contributed by atoms with Crippen LogP contribution in [0.15, 0.2) is 169 Å². The smallest absolute Gasteiger partial charge is 0.103 e. The maximum Gasteiger partial charge on any atom is 0.138 e. The minimum absolute atomic E-state index is 0.940. The molecule has 0 saturated carbocycles. The van der Waals surface area contributed by atoms with Crippen LogP contribution in [0.1, 0.15) is 18.4 Å². The van der Waals surface area contributed by atoms with E-state index < -0.39 is 16.1 Å². The summed E-state index contributed by atoms with van der Waals surface area (Å²) in [5, 5.41) is 5.81. The van der Waals surface area contributed by atoms with Gasteiger partial charge in [0.1, 0.15) is 16.1 Å². The number of benzene rings is 5. The molecule has 0 radical (unpaired) electrons. The molecular weight excluding hydrogens is 513 g/mol. The second-order valence-electron chi connectivity index (χ2n) is 10.8. The molecule has 0 aliphatic carbocycles. The molecule has 0 nitrogen and oxygen atoms in total. The van der Waals surface area contributed by atoms with E-state index in [9.17, 15) is 0 Å². The molecule has 0 atom stereocenters. The molecular formula is C38H38Si2. The number of hydrogen-bond donors (Lipinski definition) is 0. The highest BCUT2D eigenvalue weighted by Crippen LogP contribution is 2.36. The molecule has 40 heavy (non-hydrogen) atoms. The summed E-state index contributed by atoms with van der Waals surface area (Å²) in [7, 11) is -5.04. The largest absolute Gasteiger partial charge is 0.138 e. The quantitative estimate of drug-likeness (QED) is 0.127. The zero-order chi connectivity index (χ0) is 27.8. The van der Waals surface area contributed by atoms with Crippen LogP contribution in [0.3, 0.4) is 0 Å². The van der Waals surface area contributed by atoms with Crippen LogP contribution >= 0.6 is 0 Å². The lowest BCUT2D eigenvalue weighted by molar-refractivity contribution is 1.07. The van der Waals surface area contributed by atoms with Gasteiger partial charge in [0.05, 0.1) is 0 Å². The van der Waals surface area contributed by atoms with Crippen molar-refractivity contribution in [2.45, 2.75) is 25.9 Å². The van der Waals surface area contributed by atoms with Gasteiger partial charge in [-0.2, -0.15) is 0 Å². The molecule has 0 N–H and O–H groups in total. The van der Waals surface area contributed by atoms with E-state index in [1.54, 1.807) is 4.82 Å². The zero-order valence-electron chi connectivity index (χ0n) is 23.6. The molecule has 0 aliphatic heterocycles. The Morgan fingerprint density at radius 1 is 0.500 bits per heavy atom. The summed E-state index contributed by atoms with van der Waals surface area (Å²) in [5.41, 5.74) is 2.82. The van der Waals surface area contributed by atoms with Crippen molar-refractivity contribution in [3.63, 3.8) is 0 Å². The molecule has 0 fully saturated rings. The van der Waals surface area contributed by atoms with E-state index >= 15 is 0 Å². The van der Waals surface area contributed by atoms with Crippen LogP contribution < -0.4 is 20.7 Å². The molecule has 0 aliphatic rings. The molecule has 5 rings (SSSR count). The van der Waals surface area contributed by atoms with E-state index in [0.717, 1.165) is 12.8 Å². The number of hydrogen-bond acceptors (Lipinski definition) is 0. The fraction of sp³-hybridized carbons (Fsp3) is 0.105.